The maximum absolute atomic E-state index is 5.82. The summed E-state index contributed by atoms with van der Waals surface area (Å²) >= 11 is 0. The summed E-state index contributed by atoms with van der Waals surface area (Å²) in [5.74, 6) is 0.924. The molecule has 2 fully saturated rings. The number of rotatable bonds is 3. The Morgan fingerprint density at radius 1 is 1.38 bits per heavy atom. The molecule has 13 heavy (non-hydrogen) atoms. The molecule has 2 aliphatic rings. The molecule has 0 aromatic rings. The van der Waals surface area contributed by atoms with Gasteiger partial charge in [0, 0.05) is 18.1 Å². The molecule has 2 heteroatoms. The molecule has 0 saturated heterocycles. The van der Waals surface area contributed by atoms with Crippen molar-refractivity contribution < 1.29 is 0 Å². The lowest BCUT2D eigenvalue weighted by Crippen LogP contribution is -2.59. The van der Waals surface area contributed by atoms with E-state index < -0.39 is 0 Å². The molecule has 0 heterocycles. The Hall–Kier alpha value is -0.0800. The maximum Gasteiger partial charge on any atom is 0.0306 e. The molecule has 76 valence electrons. The molecule has 2 atom stereocenters. The van der Waals surface area contributed by atoms with Crippen LogP contribution in [-0.2, 0) is 0 Å². The zero-order valence-electron chi connectivity index (χ0n) is 8.68. The lowest BCUT2D eigenvalue weighted by Gasteiger charge is -2.44. The van der Waals surface area contributed by atoms with Crippen molar-refractivity contribution in [2.45, 2.75) is 57.0 Å². The predicted molar refractivity (Wildman–Crippen MR) is 55.6 cm³/mol. The second-order valence-electron chi connectivity index (χ2n) is 5.10. The number of nitrogens with two attached hydrogens (primary N) is 1. The Bertz CT molecular complexity index is 169. The molecule has 0 amide bonds. The Balaban J connectivity index is 1.83. The predicted octanol–water partition coefficient (Wildman–Crippen LogP) is 1.65. The zero-order chi connectivity index (χ0) is 9.31. The summed E-state index contributed by atoms with van der Waals surface area (Å²) in [7, 11) is 0. The lowest BCUT2D eigenvalue weighted by atomic mass is 9.76. The van der Waals surface area contributed by atoms with Gasteiger partial charge in [0.2, 0.25) is 0 Å². The molecule has 2 saturated carbocycles. The number of hydrogen-bond acceptors (Lipinski definition) is 2. The highest BCUT2D eigenvalue weighted by molar-refractivity contribution is 4.99. The fourth-order valence-electron chi connectivity index (χ4n) is 2.78. The van der Waals surface area contributed by atoms with E-state index in [2.05, 4.69) is 12.2 Å². The second kappa shape index (κ2) is 3.58. The van der Waals surface area contributed by atoms with Crippen molar-refractivity contribution in [3.63, 3.8) is 0 Å². The van der Waals surface area contributed by atoms with Crippen LogP contribution in [0.3, 0.4) is 0 Å². The van der Waals surface area contributed by atoms with Gasteiger partial charge in [0.05, 0.1) is 0 Å². The number of hydrogen-bond donors (Lipinski definition) is 2. The molecule has 3 N–H and O–H groups in total. The van der Waals surface area contributed by atoms with Gasteiger partial charge in [-0.2, -0.15) is 0 Å². The third-order valence-corrected chi connectivity index (χ3v) is 3.91. The van der Waals surface area contributed by atoms with Crippen molar-refractivity contribution in [3.05, 3.63) is 0 Å². The van der Waals surface area contributed by atoms with Crippen LogP contribution in [0.15, 0.2) is 0 Å². The Labute approximate surface area is 81.3 Å². The summed E-state index contributed by atoms with van der Waals surface area (Å²) in [5.41, 5.74) is 6.16. The topological polar surface area (TPSA) is 38.0 Å². The van der Waals surface area contributed by atoms with Crippen LogP contribution in [0.5, 0.6) is 0 Å². The Morgan fingerprint density at radius 2 is 2.15 bits per heavy atom. The minimum atomic E-state index is 0.342. The van der Waals surface area contributed by atoms with Crippen molar-refractivity contribution >= 4 is 0 Å². The largest absolute Gasteiger partial charge is 0.329 e. The van der Waals surface area contributed by atoms with E-state index in [1.165, 1.54) is 38.5 Å². The summed E-state index contributed by atoms with van der Waals surface area (Å²) < 4.78 is 0. The van der Waals surface area contributed by atoms with Gasteiger partial charge in [-0.15, -0.1) is 0 Å². The van der Waals surface area contributed by atoms with Crippen LogP contribution in [0.25, 0.3) is 0 Å². The van der Waals surface area contributed by atoms with Gasteiger partial charge in [0.15, 0.2) is 0 Å². The van der Waals surface area contributed by atoms with Gasteiger partial charge in [-0.05, 0) is 44.4 Å². The van der Waals surface area contributed by atoms with E-state index in [4.69, 9.17) is 5.73 Å². The van der Waals surface area contributed by atoms with E-state index in [-0.39, 0.29) is 0 Å². The van der Waals surface area contributed by atoms with E-state index in [0.717, 1.165) is 18.5 Å². The molecule has 0 aromatic carbocycles. The summed E-state index contributed by atoms with van der Waals surface area (Å²) in [4.78, 5) is 0. The molecular formula is C11H22N2. The third-order valence-electron chi connectivity index (χ3n) is 3.91. The Morgan fingerprint density at radius 3 is 2.54 bits per heavy atom. The normalized spacial score (nSPS) is 37.4. The van der Waals surface area contributed by atoms with Crippen molar-refractivity contribution in [3.8, 4) is 0 Å². The lowest BCUT2D eigenvalue weighted by molar-refractivity contribution is 0.170. The fourth-order valence-corrected chi connectivity index (χ4v) is 2.78. The molecule has 2 rings (SSSR count). The first-order valence-corrected chi connectivity index (χ1v) is 5.72. The van der Waals surface area contributed by atoms with E-state index in [1.54, 1.807) is 0 Å². The van der Waals surface area contributed by atoms with E-state index in [1.807, 2.05) is 0 Å². The average Bonchev–Trinajstić information content (AvgIpc) is 2.44. The van der Waals surface area contributed by atoms with Gasteiger partial charge in [-0.3, -0.25) is 0 Å². The molecule has 2 aliphatic carbocycles. The van der Waals surface area contributed by atoms with Crippen molar-refractivity contribution in [1.29, 1.82) is 0 Å². The van der Waals surface area contributed by atoms with Gasteiger partial charge < -0.3 is 11.1 Å². The third kappa shape index (κ3) is 1.89. The van der Waals surface area contributed by atoms with Crippen molar-refractivity contribution in [2.75, 3.05) is 6.54 Å². The molecule has 0 aliphatic heterocycles. The van der Waals surface area contributed by atoms with Crippen LogP contribution in [0.2, 0.25) is 0 Å². The van der Waals surface area contributed by atoms with E-state index >= 15 is 0 Å². The summed E-state index contributed by atoms with van der Waals surface area (Å²) in [5, 5.41) is 3.78. The zero-order valence-corrected chi connectivity index (χ0v) is 8.68. The first kappa shape index (κ1) is 9.47. The fraction of sp³-hybridized carbons (Fsp3) is 1.00. The minimum absolute atomic E-state index is 0.342. The van der Waals surface area contributed by atoms with Crippen molar-refractivity contribution in [2.24, 2.45) is 11.7 Å². The quantitative estimate of drug-likeness (QED) is 0.696. The van der Waals surface area contributed by atoms with Gasteiger partial charge in [-0.1, -0.05) is 6.92 Å². The summed E-state index contributed by atoms with van der Waals surface area (Å²) in [6.07, 6.45) is 8.10. The van der Waals surface area contributed by atoms with Crippen molar-refractivity contribution in [1.82, 2.24) is 5.32 Å². The van der Waals surface area contributed by atoms with Gasteiger partial charge in [0.25, 0.3) is 0 Å². The van der Waals surface area contributed by atoms with E-state index in [0.29, 0.717) is 5.54 Å². The van der Waals surface area contributed by atoms with Crippen LogP contribution in [0.1, 0.15) is 45.4 Å². The summed E-state index contributed by atoms with van der Waals surface area (Å²) in [6, 6.07) is 0.763. The molecule has 0 spiro atoms. The molecule has 2 unspecified atom stereocenters. The second-order valence-corrected chi connectivity index (χ2v) is 5.10. The first-order chi connectivity index (χ1) is 6.24. The standard InChI is InChI=1S/C11H22N2/c1-9-3-4-10(7-9)13-11(8-12)5-2-6-11/h9-10,13H,2-8,12H2,1H3. The highest BCUT2D eigenvalue weighted by atomic mass is 15.0. The highest BCUT2D eigenvalue weighted by Gasteiger charge is 2.38. The van der Waals surface area contributed by atoms with Gasteiger partial charge in [0.1, 0.15) is 0 Å². The monoisotopic (exact) mass is 182 g/mol. The Kier molecular flexibility index (Phi) is 2.61. The molecule has 0 radical (unpaired) electrons. The molecular weight excluding hydrogens is 160 g/mol. The average molecular weight is 182 g/mol. The number of nitrogens with one attached hydrogen (secondary N) is 1. The first-order valence-electron chi connectivity index (χ1n) is 5.72. The maximum atomic E-state index is 5.82. The molecule has 0 bridgehead atoms. The SMILES string of the molecule is CC1CCC(NC2(CN)CCC2)C1. The highest BCUT2D eigenvalue weighted by Crippen LogP contribution is 2.34. The smallest absolute Gasteiger partial charge is 0.0306 e. The molecule has 0 aromatic heterocycles. The summed E-state index contributed by atoms with van der Waals surface area (Å²) in [6.45, 7) is 3.19. The van der Waals surface area contributed by atoms with Crippen LogP contribution >= 0.6 is 0 Å². The van der Waals surface area contributed by atoms with Gasteiger partial charge in [-0.25, -0.2) is 0 Å². The van der Waals surface area contributed by atoms with E-state index in [9.17, 15) is 0 Å². The molecule has 2 nitrogen and oxygen atoms in total. The van der Waals surface area contributed by atoms with Crippen LogP contribution in [-0.4, -0.2) is 18.1 Å². The van der Waals surface area contributed by atoms with Crippen LogP contribution in [0.4, 0.5) is 0 Å². The van der Waals surface area contributed by atoms with Gasteiger partial charge >= 0.3 is 0 Å². The minimum Gasteiger partial charge on any atom is -0.329 e. The van der Waals surface area contributed by atoms with Crippen LogP contribution in [0, 0.1) is 5.92 Å². The van der Waals surface area contributed by atoms with Crippen LogP contribution < -0.4 is 11.1 Å².